The third kappa shape index (κ3) is 4.54. The molecule has 0 aliphatic rings. The highest BCUT2D eigenvalue weighted by Crippen LogP contribution is 2.21. The molecule has 3 nitrogen and oxygen atoms in total. The highest BCUT2D eigenvalue weighted by Gasteiger charge is 2.38. The van der Waals surface area contributed by atoms with Gasteiger partial charge in [-0.2, -0.15) is 13.2 Å². The van der Waals surface area contributed by atoms with E-state index in [1.807, 2.05) is 0 Å². The van der Waals surface area contributed by atoms with E-state index in [-0.39, 0.29) is 0 Å². The second kappa shape index (κ2) is 6.06. The molecule has 0 spiro atoms. The van der Waals surface area contributed by atoms with E-state index in [2.05, 4.69) is 0 Å². The van der Waals surface area contributed by atoms with Crippen LogP contribution in [0.4, 0.5) is 13.2 Å². The highest BCUT2D eigenvalue weighted by molar-refractivity contribution is 5.27. The number of likely N-dealkylation sites (N-methyl/N-ethyl adjacent to an activating group) is 1. The van der Waals surface area contributed by atoms with Gasteiger partial charge < -0.3 is 9.84 Å². The molecule has 1 rings (SSSR count). The molecule has 0 aromatic heterocycles. The lowest BCUT2D eigenvalue weighted by molar-refractivity contribution is -0.207. The van der Waals surface area contributed by atoms with Crippen LogP contribution >= 0.6 is 0 Å². The second-order valence-electron chi connectivity index (χ2n) is 4.10. The standard InChI is InChI=1S/C12H16F3NO2/c1-16(8-11(17)12(13,14)15)7-9-3-5-10(18-2)6-4-9/h3-6,11,17H,7-8H2,1-2H3. The molecule has 0 saturated carbocycles. The number of aliphatic hydroxyl groups excluding tert-OH is 1. The number of hydrogen-bond donors (Lipinski definition) is 1. The van der Waals surface area contributed by atoms with Crippen molar-refractivity contribution in [3.8, 4) is 5.75 Å². The molecule has 0 radical (unpaired) electrons. The van der Waals surface area contributed by atoms with Crippen molar-refractivity contribution in [1.29, 1.82) is 0 Å². The van der Waals surface area contributed by atoms with Crippen molar-refractivity contribution in [3.05, 3.63) is 29.8 Å². The lowest BCUT2D eigenvalue weighted by Crippen LogP contribution is -2.39. The smallest absolute Gasteiger partial charge is 0.415 e. The van der Waals surface area contributed by atoms with E-state index in [9.17, 15) is 13.2 Å². The number of ether oxygens (including phenoxy) is 1. The molecule has 1 aromatic rings. The molecule has 6 heteroatoms. The number of alkyl halides is 3. The summed E-state index contributed by atoms with van der Waals surface area (Å²) in [5, 5.41) is 8.93. The Bertz CT molecular complexity index is 365. The predicted molar refractivity (Wildman–Crippen MR) is 61.4 cm³/mol. The van der Waals surface area contributed by atoms with E-state index in [0.717, 1.165) is 5.56 Å². The molecule has 0 fully saturated rings. The van der Waals surface area contributed by atoms with Crippen molar-refractivity contribution in [2.75, 3.05) is 20.7 Å². The Morgan fingerprint density at radius 3 is 2.28 bits per heavy atom. The molecular weight excluding hydrogens is 247 g/mol. The summed E-state index contributed by atoms with van der Waals surface area (Å²) in [4.78, 5) is 1.42. The Hall–Kier alpha value is -1.27. The Labute approximate surface area is 104 Å². The molecule has 18 heavy (non-hydrogen) atoms. The number of aliphatic hydroxyl groups is 1. The number of benzene rings is 1. The van der Waals surface area contributed by atoms with Crippen LogP contribution in [0.2, 0.25) is 0 Å². The van der Waals surface area contributed by atoms with Crippen molar-refractivity contribution in [2.45, 2.75) is 18.8 Å². The van der Waals surface area contributed by atoms with Gasteiger partial charge >= 0.3 is 6.18 Å². The van der Waals surface area contributed by atoms with Crippen molar-refractivity contribution in [2.24, 2.45) is 0 Å². The van der Waals surface area contributed by atoms with Crippen molar-refractivity contribution < 1.29 is 23.0 Å². The fourth-order valence-corrected chi connectivity index (χ4v) is 1.51. The molecule has 1 aromatic carbocycles. The summed E-state index contributed by atoms with van der Waals surface area (Å²) >= 11 is 0. The van der Waals surface area contributed by atoms with E-state index < -0.39 is 18.8 Å². The van der Waals surface area contributed by atoms with E-state index >= 15 is 0 Å². The minimum atomic E-state index is -4.58. The van der Waals surface area contributed by atoms with Gasteiger partial charge in [-0.05, 0) is 24.7 Å². The quantitative estimate of drug-likeness (QED) is 0.882. The first-order valence-corrected chi connectivity index (χ1v) is 5.39. The number of halogens is 3. The van der Waals surface area contributed by atoms with Crippen LogP contribution in [0.3, 0.4) is 0 Å². The predicted octanol–water partition coefficient (Wildman–Crippen LogP) is 2.05. The third-order valence-electron chi connectivity index (χ3n) is 2.47. The number of rotatable bonds is 5. The molecule has 0 saturated heterocycles. The average Bonchev–Trinajstić information content (AvgIpc) is 2.28. The summed E-state index contributed by atoms with van der Waals surface area (Å²) in [5.41, 5.74) is 0.854. The van der Waals surface area contributed by atoms with E-state index in [1.54, 1.807) is 31.4 Å². The molecular formula is C12H16F3NO2. The van der Waals surface area contributed by atoms with Crippen molar-refractivity contribution in [3.63, 3.8) is 0 Å². The summed E-state index contributed by atoms with van der Waals surface area (Å²) < 4.78 is 41.4. The first kappa shape index (κ1) is 14.8. The van der Waals surface area contributed by atoms with Gasteiger partial charge in [0.05, 0.1) is 7.11 Å². The van der Waals surface area contributed by atoms with Gasteiger partial charge in [0, 0.05) is 13.1 Å². The summed E-state index contributed by atoms with van der Waals surface area (Å²) in [7, 11) is 3.07. The zero-order valence-electron chi connectivity index (χ0n) is 10.2. The molecule has 1 N–H and O–H groups in total. The van der Waals surface area contributed by atoms with Gasteiger partial charge in [-0.3, -0.25) is 4.90 Å². The fourth-order valence-electron chi connectivity index (χ4n) is 1.51. The van der Waals surface area contributed by atoms with Gasteiger partial charge in [0.2, 0.25) is 0 Å². The first-order valence-electron chi connectivity index (χ1n) is 5.39. The lowest BCUT2D eigenvalue weighted by atomic mass is 10.2. The maximum absolute atomic E-state index is 12.2. The highest BCUT2D eigenvalue weighted by atomic mass is 19.4. The Balaban J connectivity index is 2.51. The molecule has 0 amide bonds. The topological polar surface area (TPSA) is 32.7 Å². The molecule has 102 valence electrons. The monoisotopic (exact) mass is 263 g/mol. The lowest BCUT2D eigenvalue weighted by Gasteiger charge is -2.22. The SMILES string of the molecule is COc1ccc(CN(C)CC(O)C(F)(F)F)cc1. The van der Waals surface area contributed by atoms with Crippen molar-refractivity contribution >= 4 is 0 Å². The summed E-state index contributed by atoms with van der Waals surface area (Å²) in [6.07, 6.45) is -6.89. The zero-order valence-corrected chi connectivity index (χ0v) is 10.2. The van der Waals surface area contributed by atoms with Crippen LogP contribution in [-0.2, 0) is 6.54 Å². The van der Waals surface area contributed by atoms with Crippen LogP contribution in [0.1, 0.15) is 5.56 Å². The summed E-state index contributed by atoms with van der Waals surface area (Å²) in [6.45, 7) is -0.118. The van der Waals surface area contributed by atoms with E-state index in [0.29, 0.717) is 12.3 Å². The van der Waals surface area contributed by atoms with E-state index in [1.165, 1.54) is 11.9 Å². The van der Waals surface area contributed by atoms with Crippen LogP contribution in [0.25, 0.3) is 0 Å². The number of methoxy groups -OCH3 is 1. The van der Waals surface area contributed by atoms with Crippen LogP contribution in [0.15, 0.2) is 24.3 Å². The second-order valence-corrected chi connectivity index (χ2v) is 4.10. The number of nitrogens with zero attached hydrogens (tertiary/aromatic N) is 1. The minimum Gasteiger partial charge on any atom is -0.497 e. The summed E-state index contributed by atoms with van der Waals surface area (Å²) in [5.74, 6) is 0.691. The van der Waals surface area contributed by atoms with Crippen molar-refractivity contribution in [1.82, 2.24) is 4.90 Å². The van der Waals surface area contributed by atoms with Crippen LogP contribution in [-0.4, -0.2) is 43.0 Å². The maximum atomic E-state index is 12.2. The van der Waals surface area contributed by atoms with Gasteiger partial charge in [-0.15, -0.1) is 0 Å². The number of hydrogen-bond acceptors (Lipinski definition) is 3. The zero-order chi connectivity index (χ0) is 13.8. The van der Waals surface area contributed by atoms with Gasteiger partial charge in [-0.25, -0.2) is 0 Å². The van der Waals surface area contributed by atoms with E-state index in [4.69, 9.17) is 9.84 Å². The molecule has 0 aliphatic carbocycles. The van der Waals surface area contributed by atoms with Crippen LogP contribution < -0.4 is 4.74 Å². The van der Waals surface area contributed by atoms with Gasteiger partial charge in [0.1, 0.15) is 5.75 Å². The molecule has 1 atom stereocenters. The maximum Gasteiger partial charge on any atom is 0.415 e. The molecule has 0 aliphatic heterocycles. The molecule has 0 bridgehead atoms. The summed E-state index contributed by atoms with van der Waals surface area (Å²) in [6, 6.07) is 7.03. The normalized spacial score (nSPS) is 13.7. The molecule has 1 unspecified atom stereocenters. The fraction of sp³-hybridized carbons (Fsp3) is 0.500. The average molecular weight is 263 g/mol. The first-order chi connectivity index (χ1) is 8.32. The Kier molecular flexibility index (Phi) is 4.98. The van der Waals surface area contributed by atoms with Gasteiger partial charge in [-0.1, -0.05) is 12.1 Å². The Morgan fingerprint density at radius 2 is 1.83 bits per heavy atom. The van der Waals surface area contributed by atoms with Gasteiger partial charge in [0.15, 0.2) is 6.10 Å². The Morgan fingerprint density at radius 1 is 1.28 bits per heavy atom. The largest absolute Gasteiger partial charge is 0.497 e. The van der Waals surface area contributed by atoms with Gasteiger partial charge in [0.25, 0.3) is 0 Å². The van der Waals surface area contributed by atoms with Crippen LogP contribution in [0, 0.1) is 0 Å². The van der Waals surface area contributed by atoms with Crippen LogP contribution in [0.5, 0.6) is 5.75 Å². The molecule has 0 heterocycles. The minimum absolute atomic E-state index is 0.330. The third-order valence-corrected chi connectivity index (χ3v) is 2.47.